The largest absolute Gasteiger partial charge is 0.355 e. The first-order valence-electron chi connectivity index (χ1n) is 7.92. The highest BCUT2D eigenvalue weighted by atomic mass is 19.1. The minimum absolute atomic E-state index is 0.0761. The number of hydrogen-bond donors (Lipinski definition) is 2. The SMILES string of the molecule is O=C(CCCc1nc2ccccc2c(=O)[nH]1)NCC1(CF)CC1. The molecule has 23 heavy (non-hydrogen) atoms. The molecule has 122 valence electrons. The average Bonchev–Trinajstić information content (AvgIpc) is 3.34. The molecule has 6 heteroatoms. The second kappa shape index (κ2) is 6.48. The molecule has 1 heterocycles. The van der Waals surface area contributed by atoms with Crippen molar-refractivity contribution in [3.05, 3.63) is 40.4 Å². The number of hydrogen-bond acceptors (Lipinski definition) is 3. The number of aryl methyl sites for hydroxylation is 1. The average molecular weight is 317 g/mol. The molecule has 1 aromatic heterocycles. The van der Waals surface area contributed by atoms with Crippen molar-refractivity contribution in [1.29, 1.82) is 0 Å². The highest BCUT2D eigenvalue weighted by Crippen LogP contribution is 2.45. The summed E-state index contributed by atoms with van der Waals surface area (Å²) in [4.78, 5) is 30.9. The molecule has 2 aromatic rings. The number of alkyl halides is 1. The van der Waals surface area contributed by atoms with Crippen molar-refractivity contribution >= 4 is 16.8 Å². The van der Waals surface area contributed by atoms with Crippen molar-refractivity contribution in [2.75, 3.05) is 13.2 Å². The zero-order valence-corrected chi connectivity index (χ0v) is 12.9. The lowest BCUT2D eigenvalue weighted by Gasteiger charge is -2.11. The number of carbonyl (C=O) groups excluding carboxylic acids is 1. The molecule has 1 aliphatic rings. The summed E-state index contributed by atoms with van der Waals surface area (Å²) >= 11 is 0. The summed E-state index contributed by atoms with van der Waals surface area (Å²) in [5, 5.41) is 3.36. The fourth-order valence-electron chi connectivity index (χ4n) is 2.58. The summed E-state index contributed by atoms with van der Waals surface area (Å²) < 4.78 is 12.7. The molecule has 0 spiro atoms. The molecule has 0 aliphatic heterocycles. The third-order valence-electron chi connectivity index (χ3n) is 4.38. The molecule has 0 bridgehead atoms. The van der Waals surface area contributed by atoms with E-state index in [9.17, 15) is 14.0 Å². The Morgan fingerprint density at radius 1 is 1.35 bits per heavy atom. The topological polar surface area (TPSA) is 74.8 Å². The summed E-state index contributed by atoms with van der Waals surface area (Å²) in [6, 6.07) is 7.17. The monoisotopic (exact) mass is 317 g/mol. The van der Waals surface area contributed by atoms with Crippen molar-refractivity contribution in [2.45, 2.75) is 32.1 Å². The number of carbonyl (C=O) groups is 1. The van der Waals surface area contributed by atoms with Crippen LogP contribution in [-0.2, 0) is 11.2 Å². The molecular formula is C17H20FN3O2. The lowest BCUT2D eigenvalue weighted by molar-refractivity contribution is -0.121. The van der Waals surface area contributed by atoms with Crippen molar-refractivity contribution in [1.82, 2.24) is 15.3 Å². The van der Waals surface area contributed by atoms with Gasteiger partial charge in [0.2, 0.25) is 5.91 Å². The second-order valence-electron chi connectivity index (χ2n) is 6.29. The molecule has 3 rings (SSSR count). The minimum Gasteiger partial charge on any atom is -0.355 e. The van der Waals surface area contributed by atoms with Gasteiger partial charge in [0.1, 0.15) is 5.82 Å². The maximum atomic E-state index is 12.7. The Labute approximate surface area is 133 Å². The molecule has 1 amide bonds. The van der Waals surface area contributed by atoms with E-state index in [0.29, 0.717) is 42.5 Å². The fraction of sp³-hybridized carbons (Fsp3) is 0.471. The van der Waals surface area contributed by atoms with Crippen molar-refractivity contribution in [3.63, 3.8) is 0 Å². The van der Waals surface area contributed by atoms with Crippen LogP contribution in [0.15, 0.2) is 29.1 Å². The highest BCUT2D eigenvalue weighted by Gasteiger charge is 2.42. The second-order valence-corrected chi connectivity index (χ2v) is 6.29. The van der Waals surface area contributed by atoms with Crippen LogP contribution in [0, 0.1) is 5.41 Å². The lowest BCUT2D eigenvalue weighted by Crippen LogP contribution is -2.31. The Morgan fingerprint density at radius 2 is 2.13 bits per heavy atom. The van der Waals surface area contributed by atoms with Crippen LogP contribution in [0.5, 0.6) is 0 Å². The maximum Gasteiger partial charge on any atom is 0.258 e. The van der Waals surface area contributed by atoms with Crippen LogP contribution in [-0.4, -0.2) is 29.1 Å². The van der Waals surface area contributed by atoms with E-state index >= 15 is 0 Å². The van der Waals surface area contributed by atoms with Gasteiger partial charge >= 0.3 is 0 Å². The highest BCUT2D eigenvalue weighted by molar-refractivity contribution is 5.77. The minimum atomic E-state index is -0.366. The molecule has 0 radical (unpaired) electrons. The van der Waals surface area contributed by atoms with Crippen LogP contribution >= 0.6 is 0 Å². The first-order valence-corrected chi connectivity index (χ1v) is 7.92. The van der Waals surface area contributed by atoms with Crippen LogP contribution in [0.4, 0.5) is 4.39 Å². The summed E-state index contributed by atoms with van der Waals surface area (Å²) in [5.41, 5.74) is 0.212. The predicted octanol–water partition coefficient (Wildman–Crippen LogP) is 2.11. The number of halogens is 1. The van der Waals surface area contributed by atoms with Gasteiger partial charge in [0, 0.05) is 24.8 Å². The summed E-state index contributed by atoms with van der Waals surface area (Å²) in [7, 11) is 0. The van der Waals surface area contributed by atoms with Gasteiger partial charge in [-0.25, -0.2) is 4.98 Å². The van der Waals surface area contributed by atoms with Gasteiger partial charge in [-0.2, -0.15) is 0 Å². The van der Waals surface area contributed by atoms with E-state index < -0.39 is 0 Å². The predicted molar refractivity (Wildman–Crippen MR) is 86.0 cm³/mol. The number of rotatable bonds is 7. The van der Waals surface area contributed by atoms with Crippen LogP contribution in [0.2, 0.25) is 0 Å². The van der Waals surface area contributed by atoms with Gasteiger partial charge in [0.25, 0.3) is 5.56 Å². The summed E-state index contributed by atoms with van der Waals surface area (Å²) in [6.45, 7) is 0.0584. The van der Waals surface area contributed by atoms with Crippen molar-refractivity contribution < 1.29 is 9.18 Å². The summed E-state index contributed by atoms with van der Waals surface area (Å²) in [6.07, 6.45) is 3.18. The first kappa shape index (κ1) is 15.6. The van der Waals surface area contributed by atoms with Crippen LogP contribution < -0.4 is 10.9 Å². The summed E-state index contributed by atoms with van der Waals surface area (Å²) in [5.74, 6) is 0.511. The Bertz CT molecular complexity index is 768. The van der Waals surface area contributed by atoms with E-state index in [1.54, 1.807) is 18.2 Å². The molecule has 1 fully saturated rings. The van der Waals surface area contributed by atoms with Crippen LogP contribution in [0.1, 0.15) is 31.5 Å². The van der Waals surface area contributed by atoms with E-state index in [4.69, 9.17) is 0 Å². The Kier molecular flexibility index (Phi) is 4.41. The van der Waals surface area contributed by atoms with Crippen LogP contribution in [0.25, 0.3) is 10.9 Å². The van der Waals surface area contributed by atoms with Crippen molar-refractivity contribution in [2.24, 2.45) is 5.41 Å². The van der Waals surface area contributed by atoms with Gasteiger partial charge < -0.3 is 10.3 Å². The number of amides is 1. The van der Waals surface area contributed by atoms with Gasteiger partial charge in [0.15, 0.2) is 0 Å². The van der Waals surface area contributed by atoms with Gasteiger partial charge in [-0.05, 0) is 31.4 Å². The number of aromatic nitrogens is 2. The normalized spacial score (nSPS) is 15.5. The molecule has 1 aromatic carbocycles. The van der Waals surface area contributed by atoms with Gasteiger partial charge in [-0.15, -0.1) is 0 Å². The molecule has 5 nitrogen and oxygen atoms in total. The molecule has 2 N–H and O–H groups in total. The van der Waals surface area contributed by atoms with Crippen LogP contribution in [0.3, 0.4) is 0 Å². The number of aromatic amines is 1. The first-order chi connectivity index (χ1) is 11.1. The smallest absolute Gasteiger partial charge is 0.258 e. The zero-order valence-electron chi connectivity index (χ0n) is 12.9. The molecule has 0 atom stereocenters. The Morgan fingerprint density at radius 3 is 2.87 bits per heavy atom. The number of nitrogens with one attached hydrogen (secondary N) is 2. The fourth-order valence-corrected chi connectivity index (χ4v) is 2.58. The quantitative estimate of drug-likeness (QED) is 0.821. The number of fused-ring (bicyclic) bond motifs is 1. The Balaban J connectivity index is 1.50. The van der Waals surface area contributed by atoms with Gasteiger partial charge in [-0.1, -0.05) is 12.1 Å². The third-order valence-corrected chi connectivity index (χ3v) is 4.38. The number of H-pyrrole nitrogens is 1. The number of nitrogens with zero attached hydrogens (tertiary/aromatic N) is 1. The molecule has 0 unspecified atom stereocenters. The number of para-hydroxylation sites is 1. The van der Waals surface area contributed by atoms with Gasteiger partial charge in [-0.3, -0.25) is 14.0 Å². The van der Waals surface area contributed by atoms with E-state index in [-0.39, 0.29) is 23.6 Å². The lowest BCUT2D eigenvalue weighted by atomic mass is 10.1. The van der Waals surface area contributed by atoms with Gasteiger partial charge in [0.05, 0.1) is 17.6 Å². The number of benzene rings is 1. The zero-order chi connectivity index (χ0) is 16.3. The van der Waals surface area contributed by atoms with E-state index in [0.717, 1.165) is 12.8 Å². The molecular weight excluding hydrogens is 297 g/mol. The standard InChI is InChI=1S/C17H20FN3O2/c18-10-17(8-9-17)11-19-15(22)7-3-6-14-20-13-5-2-1-4-12(13)16(23)21-14/h1-2,4-5H,3,6-11H2,(H,19,22)(H,20,21,23). The molecule has 1 aliphatic carbocycles. The van der Waals surface area contributed by atoms with E-state index in [2.05, 4.69) is 15.3 Å². The Hall–Kier alpha value is -2.24. The van der Waals surface area contributed by atoms with E-state index in [1.165, 1.54) is 0 Å². The van der Waals surface area contributed by atoms with Crippen molar-refractivity contribution in [3.8, 4) is 0 Å². The maximum absolute atomic E-state index is 12.7. The molecule has 1 saturated carbocycles. The molecule has 0 saturated heterocycles. The third kappa shape index (κ3) is 3.75. The van der Waals surface area contributed by atoms with E-state index in [1.807, 2.05) is 6.07 Å².